The van der Waals surface area contributed by atoms with Crippen LogP contribution in [-0.2, 0) is 0 Å². The molecule has 0 aliphatic carbocycles. The number of nitrogens with zero attached hydrogens (tertiary/aromatic N) is 3. The van der Waals surface area contributed by atoms with Gasteiger partial charge in [-0.25, -0.2) is 4.79 Å². The molecule has 13 heavy (non-hydrogen) atoms. The molecule has 2 rings (SSSR count). The second-order valence-corrected chi connectivity index (χ2v) is 2.71. The molecule has 0 aliphatic heterocycles. The Bertz CT molecular complexity index is 475. The second kappa shape index (κ2) is 2.55. The number of hydrogen-bond donors (Lipinski definition) is 1. The van der Waals surface area contributed by atoms with Crippen molar-refractivity contribution >= 4 is 11.6 Å². The van der Waals surface area contributed by atoms with Gasteiger partial charge >= 0.3 is 5.97 Å². The van der Waals surface area contributed by atoms with E-state index < -0.39 is 5.97 Å². The molecule has 1 N–H and O–H groups in total. The van der Waals surface area contributed by atoms with E-state index in [4.69, 9.17) is 5.11 Å². The minimum absolute atomic E-state index is 0.0568. The van der Waals surface area contributed by atoms with Crippen molar-refractivity contribution in [3.8, 4) is 0 Å². The van der Waals surface area contributed by atoms with Crippen LogP contribution in [0.2, 0.25) is 0 Å². The van der Waals surface area contributed by atoms with Crippen LogP contribution in [0, 0.1) is 6.92 Å². The number of aromatic carboxylic acids is 1. The summed E-state index contributed by atoms with van der Waals surface area (Å²) < 4.78 is 1.46. The molecular formula is C8H7N3O2. The standard InChI is InChI=1S/C8H7N3O2/c1-5-3-2-4-11-6(5)9-10-7(11)8(12)13/h2-4H,1H3,(H,12,13). The van der Waals surface area contributed by atoms with Crippen molar-refractivity contribution in [2.75, 3.05) is 0 Å². The molecule has 0 aliphatic rings. The van der Waals surface area contributed by atoms with E-state index in [1.54, 1.807) is 12.3 Å². The summed E-state index contributed by atoms with van der Waals surface area (Å²) in [5.41, 5.74) is 1.49. The van der Waals surface area contributed by atoms with E-state index >= 15 is 0 Å². The first-order chi connectivity index (χ1) is 6.20. The Kier molecular flexibility index (Phi) is 1.51. The van der Waals surface area contributed by atoms with Crippen LogP contribution < -0.4 is 0 Å². The Morgan fingerprint density at radius 2 is 2.31 bits per heavy atom. The summed E-state index contributed by atoms with van der Waals surface area (Å²) in [6, 6.07) is 3.62. The van der Waals surface area contributed by atoms with Crippen molar-refractivity contribution in [1.82, 2.24) is 14.6 Å². The van der Waals surface area contributed by atoms with Gasteiger partial charge in [-0.2, -0.15) is 0 Å². The molecule has 2 heterocycles. The number of fused-ring (bicyclic) bond motifs is 1. The van der Waals surface area contributed by atoms with Crippen LogP contribution in [0.25, 0.3) is 5.65 Å². The van der Waals surface area contributed by atoms with Crippen molar-refractivity contribution in [2.45, 2.75) is 6.92 Å². The maximum atomic E-state index is 10.7. The Balaban J connectivity index is 2.83. The molecule has 2 aromatic rings. The highest BCUT2D eigenvalue weighted by Crippen LogP contribution is 2.08. The first-order valence-electron chi connectivity index (χ1n) is 3.74. The molecule has 0 unspecified atom stereocenters. The average Bonchev–Trinajstić information content (AvgIpc) is 2.48. The first-order valence-corrected chi connectivity index (χ1v) is 3.74. The summed E-state index contributed by atoms with van der Waals surface area (Å²) in [6.45, 7) is 1.86. The molecule has 0 amide bonds. The van der Waals surface area contributed by atoms with Crippen molar-refractivity contribution in [2.24, 2.45) is 0 Å². The monoisotopic (exact) mass is 177 g/mol. The molecule has 2 aromatic heterocycles. The van der Waals surface area contributed by atoms with Crippen LogP contribution in [-0.4, -0.2) is 25.7 Å². The van der Waals surface area contributed by atoms with Crippen molar-refractivity contribution in [3.05, 3.63) is 29.7 Å². The van der Waals surface area contributed by atoms with Crippen LogP contribution in [0.15, 0.2) is 18.3 Å². The fourth-order valence-corrected chi connectivity index (χ4v) is 1.20. The third-order valence-electron chi connectivity index (χ3n) is 1.82. The first kappa shape index (κ1) is 7.72. The van der Waals surface area contributed by atoms with E-state index in [1.807, 2.05) is 13.0 Å². The number of aromatic nitrogens is 3. The molecule has 0 saturated heterocycles. The fraction of sp³-hybridized carbons (Fsp3) is 0.125. The summed E-state index contributed by atoms with van der Waals surface area (Å²) in [7, 11) is 0. The van der Waals surface area contributed by atoms with E-state index in [9.17, 15) is 4.79 Å². The predicted octanol–water partition coefficient (Wildman–Crippen LogP) is 0.736. The van der Waals surface area contributed by atoms with Gasteiger partial charge in [-0.05, 0) is 18.6 Å². The van der Waals surface area contributed by atoms with E-state index in [-0.39, 0.29) is 5.82 Å². The number of carbonyl (C=O) groups is 1. The lowest BCUT2D eigenvalue weighted by molar-refractivity contribution is 0.0682. The van der Waals surface area contributed by atoms with Crippen LogP contribution >= 0.6 is 0 Å². The number of rotatable bonds is 1. The quantitative estimate of drug-likeness (QED) is 0.697. The zero-order chi connectivity index (χ0) is 9.42. The summed E-state index contributed by atoms with van der Waals surface area (Å²) in [4.78, 5) is 10.7. The Hall–Kier alpha value is -1.91. The van der Waals surface area contributed by atoms with Gasteiger partial charge < -0.3 is 5.11 Å². The molecule has 0 spiro atoms. The van der Waals surface area contributed by atoms with Crippen LogP contribution in [0.4, 0.5) is 0 Å². The normalized spacial score (nSPS) is 10.5. The largest absolute Gasteiger partial charge is 0.475 e. The van der Waals surface area contributed by atoms with Crippen molar-refractivity contribution in [1.29, 1.82) is 0 Å². The van der Waals surface area contributed by atoms with Gasteiger partial charge in [0, 0.05) is 6.20 Å². The van der Waals surface area contributed by atoms with Crippen LogP contribution in [0.5, 0.6) is 0 Å². The molecule has 5 nitrogen and oxygen atoms in total. The Morgan fingerprint density at radius 1 is 1.54 bits per heavy atom. The molecule has 0 saturated carbocycles. The zero-order valence-electron chi connectivity index (χ0n) is 6.93. The van der Waals surface area contributed by atoms with Crippen molar-refractivity contribution < 1.29 is 9.90 Å². The molecular weight excluding hydrogens is 170 g/mol. The summed E-state index contributed by atoms with van der Waals surface area (Å²) in [5.74, 6) is -1.13. The molecule has 66 valence electrons. The lowest BCUT2D eigenvalue weighted by Crippen LogP contribution is -2.03. The number of carboxylic acid groups (broad SMARTS) is 1. The number of hydrogen-bond acceptors (Lipinski definition) is 3. The summed E-state index contributed by atoms with van der Waals surface area (Å²) in [5, 5.41) is 16.1. The highest BCUT2D eigenvalue weighted by atomic mass is 16.4. The fourth-order valence-electron chi connectivity index (χ4n) is 1.20. The van der Waals surface area contributed by atoms with Crippen LogP contribution in [0.3, 0.4) is 0 Å². The van der Waals surface area contributed by atoms with Crippen LogP contribution in [0.1, 0.15) is 16.2 Å². The molecule has 0 aromatic carbocycles. The molecule has 0 atom stereocenters. The average molecular weight is 177 g/mol. The lowest BCUT2D eigenvalue weighted by Gasteiger charge is -1.95. The maximum absolute atomic E-state index is 10.7. The van der Waals surface area contributed by atoms with Gasteiger partial charge in [0.05, 0.1) is 0 Å². The number of pyridine rings is 1. The SMILES string of the molecule is Cc1cccn2c(C(=O)O)nnc12. The van der Waals surface area contributed by atoms with Gasteiger partial charge in [0.15, 0.2) is 5.65 Å². The Morgan fingerprint density at radius 3 is 3.00 bits per heavy atom. The molecule has 0 fully saturated rings. The predicted molar refractivity (Wildman–Crippen MR) is 44.7 cm³/mol. The molecule has 0 radical (unpaired) electrons. The minimum Gasteiger partial charge on any atom is -0.475 e. The third kappa shape index (κ3) is 1.05. The topological polar surface area (TPSA) is 67.5 Å². The number of carboxylic acids is 1. The van der Waals surface area contributed by atoms with E-state index in [0.29, 0.717) is 5.65 Å². The van der Waals surface area contributed by atoms with Gasteiger partial charge in [-0.15, -0.1) is 10.2 Å². The van der Waals surface area contributed by atoms with Gasteiger partial charge in [-0.1, -0.05) is 6.07 Å². The lowest BCUT2D eigenvalue weighted by atomic mass is 10.3. The minimum atomic E-state index is -1.07. The highest BCUT2D eigenvalue weighted by Gasteiger charge is 2.12. The van der Waals surface area contributed by atoms with E-state index in [2.05, 4.69) is 10.2 Å². The maximum Gasteiger partial charge on any atom is 0.374 e. The highest BCUT2D eigenvalue weighted by molar-refractivity contribution is 5.84. The van der Waals surface area contributed by atoms with Crippen molar-refractivity contribution in [3.63, 3.8) is 0 Å². The molecule has 5 heteroatoms. The second-order valence-electron chi connectivity index (χ2n) is 2.71. The van der Waals surface area contributed by atoms with Gasteiger partial charge in [-0.3, -0.25) is 4.40 Å². The third-order valence-corrected chi connectivity index (χ3v) is 1.82. The Labute approximate surface area is 73.6 Å². The number of aryl methyl sites for hydroxylation is 1. The van der Waals surface area contributed by atoms with Gasteiger partial charge in [0.2, 0.25) is 5.82 Å². The van der Waals surface area contributed by atoms with E-state index in [0.717, 1.165) is 5.56 Å². The molecule has 0 bridgehead atoms. The van der Waals surface area contributed by atoms with Gasteiger partial charge in [0.1, 0.15) is 0 Å². The van der Waals surface area contributed by atoms with E-state index in [1.165, 1.54) is 4.40 Å². The smallest absolute Gasteiger partial charge is 0.374 e. The summed E-state index contributed by atoms with van der Waals surface area (Å²) >= 11 is 0. The summed E-state index contributed by atoms with van der Waals surface area (Å²) in [6.07, 6.45) is 1.63. The zero-order valence-corrected chi connectivity index (χ0v) is 6.93. The van der Waals surface area contributed by atoms with Gasteiger partial charge in [0.25, 0.3) is 0 Å².